The van der Waals surface area contributed by atoms with Gasteiger partial charge in [0.15, 0.2) is 0 Å². The zero-order chi connectivity index (χ0) is 9.26. The Kier molecular flexibility index (Phi) is 1.63. The third-order valence-corrected chi connectivity index (χ3v) is 1.70. The molecule has 2 rings (SSSR count). The fourth-order valence-corrected chi connectivity index (χ4v) is 1.03. The van der Waals surface area contributed by atoms with Crippen molar-refractivity contribution in [2.24, 2.45) is 0 Å². The second kappa shape index (κ2) is 2.78. The van der Waals surface area contributed by atoms with Crippen LogP contribution < -0.4 is 5.73 Å². The molecule has 3 N–H and O–H groups in total. The van der Waals surface area contributed by atoms with E-state index in [-0.39, 0.29) is 5.75 Å². The Balaban J connectivity index is 2.49. The summed E-state index contributed by atoms with van der Waals surface area (Å²) in [6.07, 6.45) is 3.27. The third-order valence-electron chi connectivity index (χ3n) is 1.70. The molecule has 2 aromatic rings. The largest absolute Gasteiger partial charge is 0.506 e. The molecule has 0 amide bonds. The first-order chi connectivity index (χ1) is 6.27. The smallest absolute Gasteiger partial charge is 0.138 e. The number of benzene rings is 1. The molecule has 0 spiro atoms. The van der Waals surface area contributed by atoms with Crippen molar-refractivity contribution in [2.75, 3.05) is 5.73 Å². The number of aromatic hydroxyl groups is 1. The molecule has 5 nitrogen and oxygen atoms in total. The highest BCUT2D eigenvalue weighted by Gasteiger charge is 2.00. The van der Waals surface area contributed by atoms with Crippen LogP contribution in [0.15, 0.2) is 30.6 Å². The van der Waals surface area contributed by atoms with Gasteiger partial charge in [0.05, 0.1) is 23.8 Å². The second-order valence-electron chi connectivity index (χ2n) is 2.59. The Morgan fingerprint density at radius 1 is 1.38 bits per heavy atom. The Morgan fingerprint density at radius 3 is 2.85 bits per heavy atom. The van der Waals surface area contributed by atoms with Gasteiger partial charge in [0, 0.05) is 0 Å². The fourth-order valence-electron chi connectivity index (χ4n) is 1.03. The quantitative estimate of drug-likeness (QED) is 0.491. The number of nitrogens with two attached hydrogens (primary N) is 1. The number of aromatic nitrogens is 3. The number of nitrogen functional groups attached to an aromatic ring is 1. The Hall–Kier alpha value is -2.04. The summed E-state index contributed by atoms with van der Waals surface area (Å²) in [5, 5.41) is 16.6. The Labute approximate surface area is 74.4 Å². The number of phenols is 1. The Bertz CT molecular complexity index is 410. The maximum absolute atomic E-state index is 9.17. The molecule has 0 fully saturated rings. The van der Waals surface area contributed by atoms with Crippen molar-refractivity contribution in [3.63, 3.8) is 0 Å². The van der Waals surface area contributed by atoms with Gasteiger partial charge in [0.2, 0.25) is 0 Å². The summed E-state index contributed by atoms with van der Waals surface area (Å²) in [5.41, 5.74) is 6.61. The van der Waals surface area contributed by atoms with E-state index in [1.54, 1.807) is 29.2 Å². The lowest BCUT2D eigenvalue weighted by Crippen LogP contribution is -1.96. The summed E-state index contributed by atoms with van der Waals surface area (Å²) in [4.78, 5) is 0. The van der Waals surface area contributed by atoms with Crippen LogP contribution in [0.4, 0.5) is 5.69 Å². The van der Waals surface area contributed by atoms with Crippen LogP contribution >= 0.6 is 0 Å². The van der Waals surface area contributed by atoms with Gasteiger partial charge in [0.1, 0.15) is 5.75 Å². The lowest BCUT2D eigenvalue weighted by Gasteiger charge is -2.02. The lowest BCUT2D eigenvalue weighted by atomic mass is 10.2. The molecule has 0 bridgehead atoms. The first-order valence-electron chi connectivity index (χ1n) is 3.72. The molecule has 66 valence electrons. The molecule has 1 aromatic carbocycles. The Morgan fingerprint density at radius 2 is 2.23 bits per heavy atom. The molecule has 0 aliphatic carbocycles. The van der Waals surface area contributed by atoms with E-state index < -0.39 is 0 Å². The summed E-state index contributed by atoms with van der Waals surface area (Å²) in [7, 11) is 0. The SMILES string of the molecule is Nc1cc(-n2ccnn2)ccc1O. The third kappa shape index (κ3) is 1.31. The van der Waals surface area contributed by atoms with E-state index in [2.05, 4.69) is 10.3 Å². The molecule has 0 radical (unpaired) electrons. The molecule has 1 heterocycles. The monoisotopic (exact) mass is 176 g/mol. The van der Waals surface area contributed by atoms with Crippen LogP contribution in [-0.4, -0.2) is 20.1 Å². The predicted molar refractivity (Wildman–Crippen MR) is 47.4 cm³/mol. The van der Waals surface area contributed by atoms with Crippen LogP contribution in [0.25, 0.3) is 5.69 Å². The van der Waals surface area contributed by atoms with Crippen molar-refractivity contribution < 1.29 is 5.11 Å². The van der Waals surface area contributed by atoms with Crippen LogP contribution in [0.3, 0.4) is 0 Å². The first-order valence-corrected chi connectivity index (χ1v) is 3.72. The minimum absolute atomic E-state index is 0.0730. The summed E-state index contributed by atoms with van der Waals surface area (Å²) < 4.78 is 1.57. The van der Waals surface area contributed by atoms with Crippen LogP contribution in [0, 0.1) is 0 Å². The van der Waals surface area contributed by atoms with Gasteiger partial charge in [-0.2, -0.15) is 0 Å². The number of rotatable bonds is 1. The van der Waals surface area contributed by atoms with E-state index in [1.807, 2.05) is 0 Å². The van der Waals surface area contributed by atoms with Crippen molar-refractivity contribution in [1.82, 2.24) is 15.0 Å². The summed E-state index contributed by atoms with van der Waals surface area (Å²) >= 11 is 0. The number of anilines is 1. The lowest BCUT2D eigenvalue weighted by molar-refractivity contribution is 0.478. The maximum Gasteiger partial charge on any atom is 0.138 e. The van der Waals surface area contributed by atoms with Gasteiger partial charge < -0.3 is 10.8 Å². The molecule has 0 saturated carbocycles. The van der Waals surface area contributed by atoms with Gasteiger partial charge in [-0.25, -0.2) is 4.68 Å². The van der Waals surface area contributed by atoms with Gasteiger partial charge in [-0.15, -0.1) is 5.10 Å². The standard InChI is InChI=1S/C8H8N4O/c9-7-5-6(1-2-8(7)13)12-4-3-10-11-12/h1-5,13H,9H2. The topological polar surface area (TPSA) is 77.0 Å². The highest BCUT2D eigenvalue weighted by molar-refractivity contribution is 5.57. The van der Waals surface area contributed by atoms with Gasteiger partial charge >= 0.3 is 0 Å². The van der Waals surface area contributed by atoms with Gasteiger partial charge in [-0.05, 0) is 18.2 Å². The molecular formula is C8H8N4O. The number of hydrogen-bond acceptors (Lipinski definition) is 4. The molecule has 0 atom stereocenters. The predicted octanol–water partition coefficient (Wildman–Crippen LogP) is 0.555. The molecule has 0 aliphatic rings. The maximum atomic E-state index is 9.17. The van der Waals surface area contributed by atoms with E-state index in [0.717, 1.165) is 5.69 Å². The van der Waals surface area contributed by atoms with Crippen molar-refractivity contribution in [2.45, 2.75) is 0 Å². The van der Waals surface area contributed by atoms with E-state index in [0.29, 0.717) is 5.69 Å². The van der Waals surface area contributed by atoms with Crippen LogP contribution in [0.5, 0.6) is 5.75 Å². The zero-order valence-corrected chi connectivity index (χ0v) is 6.75. The second-order valence-corrected chi connectivity index (χ2v) is 2.59. The first kappa shape index (κ1) is 7.60. The van der Waals surface area contributed by atoms with Gasteiger partial charge in [0.25, 0.3) is 0 Å². The molecule has 13 heavy (non-hydrogen) atoms. The van der Waals surface area contributed by atoms with Gasteiger partial charge in [-0.3, -0.25) is 0 Å². The van der Waals surface area contributed by atoms with E-state index in [9.17, 15) is 5.11 Å². The number of nitrogens with zero attached hydrogens (tertiary/aromatic N) is 3. The molecule has 5 heteroatoms. The minimum Gasteiger partial charge on any atom is -0.506 e. The summed E-state index contributed by atoms with van der Waals surface area (Å²) in [6.45, 7) is 0. The minimum atomic E-state index is 0.0730. The summed E-state index contributed by atoms with van der Waals surface area (Å²) in [5.74, 6) is 0.0730. The fraction of sp³-hybridized carbons (Fsp3) is 0. The molecule has 0 saturated heterocycles. The molecular weight excluding hydrogens is 168 g/mol. The van der Waals surface area contributed by atoms with Crippen LogP contribution in [0.1, 0.15) is 0 Å². The number of hydrogen-bond donors (Lipinski definition) is 2. The highest BCUT2D eigenvalue weighted by atomic mass is 16.3. The van der Waals surface area contributed by atoms with E-state index in [4.69, 9.17) is 5.73 Å². The normalized spacial score (nSPS) is 10.2. The van der Waals surface area contributed by atoms with Crippen molar-refractivity contribution in [1.29, 1.82) is 0 Å². The van der Waals surface area contributed by atoms with E-state index >= 15 is 0 Å². The van der Waals surface area contributed by atoms with Crippen molar-refractivity contribution in [3.8, 4) is 11.4 Å². The van der Waals surface area contributed by atoms with Gasteiger partial charge in [-0.1, -0.05) is 5.21 Å². The highest BCUT2D eigenvalue weighted by Crippen LogP contribution is 2.21. The van der Waals surface area contributed by atoms with E-state index in [1.165, 1.54) is 6.07 Å². The van der Waals surface area contributed by atoms with Crippen molar-refractivity contribution >= 4 is 5.69 Å². The van der Waals surface area contributed by atoms with Crippen LogP contribution in [-0.2, 0) is 0 Å². The average Bonchev–Trinajstić information content (AvgIpc) is 2.62. The molecule has 0 aliphatic heterocycles. The molecule has 0 unspecified atom stereocenters. The number of phenolic OH excluding ortho intramolecular Hbond substituents is 1. The summed E-state index contributed by atoms with van der Waals surface area (Å²) in [6, 6.07) is 4.86. The molecule has 1 aromatic heterocycles. The zero-order valence-electron chi connectivity index (χ0n) is 6.75. The van der Waals surface area contributed by atoms with Crippen LogP contribution in [0.2, 0.25) is 0 Å². The average molecular weight is 176 g/mol. The van der Waals surface area contributed by atoms with Crippen molar-refractivity contribution in [3.05, 3.63) is 30.6 Å².